The number of aromatic nitrogens is 1. The molecule has 1 aromatic carbocycles. The summed E-state index contributed by atoms with van der Waals surface area (Å²) in [5.41, 5.74) is 2.26. The van der Waals surface area contributed by atoms with Crippen molar-refractivity contribution in [3.05, 3.63) is 66.0 Å². The molecule has 2 aromatic rings. The molecule has 2 heterocycles. The molecule has 1 aliphatic rings. The van der Waals surface area contributed by atoms with Crippen LogP contribution in [0.5, 0.6) is 0 Å². The van der Waals surface area contributed by atoms with Crippen LogP contribution >= 0.6 is 0 Å². The van der Waals surface area contributed by atoms with Crippen LogP contribution in [-0.2, 0) is 11.3 Å². The summed E-state index contributed by atoms with van der Waals surface area (Å²) in [6.07, 6.45) is 5.63. The number of benzene rings is 1. The number of carbonyl (C=O) groups is 1. The molecule has 1 atom stereocenters. The van der Waals surface area contributed by atoms with Gasteiger partial charge in [0.05, 0.1) is 6.04 Å². The molecule has 0 aliphatic carbocycles. The summed E-state index contributed by atoms with van der Waals surface area (Å²) >= 11 is 0. The second-order valence-corrected chi connectivity index (χ2v) is 5.08. The van der Waals surface area contributed by atoms with Crippen molar-refractivity contribution in [3.63, 3.8) is 0 Å². The van der Waals surface area contributed by atoms with Gasteiger partial charge in [-0.15, -0.1) is 0 Å². The van der Waals surface area contributed by atoms with E-state index in [1.807, 2.05) is 47.4 Å². The summed E-state index contributed by atoms with van der Waals surface area (Å²) in [7, 11) is 0. The quantitative estimate of drug-likeness (QED) is 0.767. The molecule has 1 aliphatic heterocycles. The zero-order valence-corrected chi connectivity index (χ0v) is 11.6. The van der Waals surface area contributed by atoms with Crippen LogP contribution in [0.2, 0.25) is 0 Å². The van der Waals surface area contributed by atoms with E-state index in [2.05, 4.69) is 23.8 Å². The molecule has 1 amide bonds. The topological polar surface area (TPSA) is 25.2 Å². The van der Waals surface area contributed by atoms with Gasteiger partial charge in [-0.1, -0.05) is 30.3 Å². The molecule has 0 N–H and O–H groups in total. The SMILES string of the molecule is C[C@@H]1c2cccn2CCN1C(=O)/C=C\c1ccccc1. The highest BCUT2D eigenvalue weighted by Crippen LogP contribution is 2.25. The van der Waals surface area contributed by atoms with Crippen molar-refractivity contribution in [1.82, 2.24) is 9.47 Å². The van der Waals surface area contributed by atoms with Gasteiger partial charge in [0.1, 0.15) is 0 Å². The van der Waals surface area contributed by atoms with Crippen molar-refractivity contribution in [2.45, 2.75) is 19.5 Å². The van der Waals surface area contributed by atoms with Gasteiger partial charge in [0.15, 0.2) is 0 Å². The third-order valence-electron chi connectivity index (χ3n) is 3.84. The molecule has 0 spiro atoms. The first kappa shape index (κ1) is 12.7. The van der Waals surface area contributed by atoms with Crippen LogP contribution in [0.3, 0.4) is 0 Å². The van der Waals surface area contributed by atoms with Gasteiger partial charge in [-0.3, -0.25) is 4.79 Å². The Morgan fingerprint density at radius 1 is 1.15 bits per heavy atom. The maximum Gasteiger partial charge on any atom is 0.247 e. The Balaban J connectivity index is 1.74. The van der Waals surface area contributed by atoms with Crippen LogP contribution in [0.15, 0.2) is 54.7 Å². The van der Waals surface area contributed by atoms with E-state index in [4.69, 9.17) is 0 Å². The number of fused-ring (bicyclic) bond motifs is 1. The van der Waals surface area contributed by atoms with Crippen molar-refractivity contribution >= 4 is 12.0 Å². The number of rotatable bonds is 2. The van der Waals surface area contributed by atoms with Gasteiger partial charge < -0.3 is 9.47 Å². The first-order chi connectivity index (χ1) is 9.75. The number of amides is 1. The van der Waals surface area contributed by atoms with Gasteiger partial charge in [0.2, 0.25) is 5.91 Å². The molecule has 102 valence electrons. The summed E-state index contributed by atoms with van der Waals surface area (Å²) in [5.74, 6) is 0.0776. The lowest BCUT2D eigenvalue weighted by molar-refractivity contribution is -0.129. The average molecular weight is 266 g/mol. The molecule has 0 saturated carbocycles. The van der Waals surface area contributed by atoms with Gasteiger partial charge >= 0.3 is 0 Å². The van der Waals surface area contributed by atoms with E-state index >= 15 is 0 Å². The fraction of sp³-hybridized carbons (Fsp3) is 0.235. The lowest BCUT2D eigenvalue weighted by Gasteiger charge is -2.34. The first-order valence-electron chi connectivity index (χ1n) is 6.94. The predicted octanol–water partition coefficient (Wildman–Crippen LogP) is 3.10. The van der Waals surface area contributed by atoms with Crippen LogP contribution in [-0.4, -0.2) is 21.9 Å². The van der Waals surface area contributed by atoms with Gasteiger partial charge in [-0.05, 0) is 30.7 Å². The highest BCUT2D eigenvalue weighted by atomic mass is 16.2. The lowest BCUT2D eigenvalue weighted by atomic mass is 10.1. The Kier molecular flexibility index (Phi) is 3.42. The third kappa shape index (κ3) is 2.39. The number of nitrogens with zero attached hydrogens (tertiary/aromatic N) is 2. The van der Waals surface area contributed by atoms with Crippen molar-refractivity contribution in [2.24, 2.45) is 0 Å². The van der Waals surface area contributed by atoms with Crippen LogP contribution in [0.4, 0.5) is 0 Å². The van der Waals surface area contributed by atoms with Crippen LogP contribution in [0, 0.1) is 0 Å². The van der Waals surface area contributed by atoms with Gasteiger partial charge in [0, 0.05) is 31.1 Å². The Labute approximate surface area is 119 Å². The summed E-state index contributed by atoms with van der Waals surface area (Å²) in [6, 6.07) is 14.2. The number of hydrogen-bond acceptors (Lipinski definition) is 1. The molecule has 20 heavy (non-hydrogen) atoms. The molecule has 3 nitrogen and oxygen atoms in total. The monoisotopic (exact) mass is 266 g/mol. The fourth-order valence-electron chi connectivity index (χ4n) is 2.71. The van der Waals surface area contributed by atoms with Gasteiger partial charge in [-0.2, -0.15) is 0 Å². The maximum absolute atomic E-state index is 12.3. The highest BCUT2D eigenvalue weighted by molar-refractivity contribution is 5.92. The minimum absolute atomic E-state index is 0.0776. The zero-order valence-electron chi connectivity index (χ0n) is 11.6. The molecule has 0 fully saturated rings. The summed E-state index contributed by atoms with van der Waals surface area (Å²) in [5, 5.41) is 0. The van der Waals surface area contributed by atoms with Crippen molar-refractivity contribution in [1.29, 1.82) is 0 Å². The fourth-order valence-corrected chi connectivity index (χ4v) is 2.71. The van der Waals surface area contributed by atoms with E-state index in [0.717, 1.165) is 18.7 Å². The molecule has 0 unspecified atom stereocenters. The normalized spacial score (nSPS) is 18.2. The predicted molar refractivity (Wildman–Crippen MR) is 80.0 cm³/mol. The van der Waals surface area contributed by atoms with Crippen molar-refractivity contribution in [2.75, 3.05) is 6.54 Å². The molecule has 0 bridgehead atoms. The van der Waals surface area contributed by atoms with Crippen LogP contribution < -0.4 is 0 Å². The first-order valence-corrected chi connectivity index (χ1v) is 6.94. The lowest BCUT2D eigenvalue weighted by Crippen LogP contribution is -2.39. The zero-order chi connectivity index (χ0) is 13.9. The van der Waals surface area contributed by atoms with Crippen LogP contribution in [0.1, 0.15) is 24.2 Å². The van der Waals surface area contributed by atoms with Gasteiger partial charge in [-0.25, -0.2) is 0 Å². The molecular formula is C17H18N2O. The Bertz CT molecular complexity index is 627. The maximum atomic E-state index is 12.3. The van der Waals surface area contributed by atoms with E-state index in [9.17, 15) is 4.79 Å². The summed E-state index contributed by atoms with van der Waals surface area (Å²) in [6.45, 7) is 3.72. The van der Waals surface area contributed by atoms with E-state index in [1.165, 1.54) is 5.69 Å². The molecule has 3 heteroatoms. The standard InChI is InChI=1S/C17H18N2O/c1-14-16-8-5-11-18(16)12-13-19(14)17(20)10-9-15-6-3-2-4-7-15/h2-11,14H,12-13H2,1H3/b10-9-/t14-/m1/s1. The van der Waals surface area contributed by atoms with Crippen molar-refractivity contribution < 1.29 is 4.79 Å². The minimum atomic E-state index is 0.0776. The third-order valence-corrected chi connectivity index (χ3v) is 3.84. The van der Waals surface area contributed by atoms with Crippen molar-refractivity contribution in [3.8, 4) is 0 Å². The number of hydrogen-bond donors (Lipinski definition) is 0. The second kappa shape index (κ2) is 5.37. The van der Waals surface area contributed by atoms with E-state index in [0.29, 0.717) is 0 Å². The van der Waals surface area contributed by atoms with Gasteiger partial charge in [0.25, 0.3) is 0 Å². The molecule has 1 aromatic heterocycles. The largest absolute Gasteiger partial charge is 0.348 e. The smallest absolute Gasteiger partial charge is 0.247 e. The number of carbonyl (C=O) groups excluding carboxylic acids is 1. The van der Waals surface area contributed by atoms with E-state index in [-0.39, 0.29) is 11.9 Å². The van der Waals surface area contributed by atoms with E-state index in [1.54, 1.807) is 6.08 Å². The Hall–Kier alpha value is -2.29. The molecule has 0 saturated heterocycles. The molecule has 3 rings (SSSR count). The molecular weight excluding hydrogens is 248 g/mol. The molecule has 0 radical (unpaired) electrons. The second-order valence-electron chi connectivity index (χ2n) is 5.08. The summed E-state index contributed by atoms with van der Waals surface area (Å²) < 4.78 is 2.22. The van der Waals surface area contributed by atoms with Crippen LogP contribution in [0.25, 0.3) is 6.08 Å². The summed E-state index contributed by atoms with van der Waals surface area (Å²) in [4.78, 5) is 14.3. The minimum Gasteiger partial charge on any atom is -0.348 e. The average Bonchev–Trinajstić information content (AvgIpc) is 2.96. The Morgan fingerprint density at radius 2 is 1.95 bits per heavy atom. The Morgan fingerprint density at radius 3 is 2.75 bits per heavy atom. The highest BCUT2D eigenvalue weighted by Gasteiger charge is 2.25. The van der Waals surface area contributed by atoms with E-state index < -0.39 is 0 Å².